The molecule has 164 valence electrons. The number of hydrogen-bond donors (Lipinski definition) is 3. The Morgan fingerprint density at radius 2 is 1.80 bits per heavy atom. The zero-order chi connectivity index (χ0) is 22.1. The van der Waals surface area contributed by atoms with E-state index in [1.54, 1.807) is 24.3 Å². The van der Waals surface area contributed by atoms with E-state index in [9.17, 15) is 19.2 Å². The molecule has 0 bridgehead atoms. The van der Waals surface area contributed by atoms with E-state index in [0.29, 0.717) is 49.9 Å². The number of ether oxygens (including phenoxy) is 1. The van der Waals surface area contributed by atoms with E-state index < -0.39 is 11.6 Å². The van der Waals surface area contributed by atoms with Gasteiger partial charge in [0.2, 0.25) is 17.7 Å². The summed E-state index contributed by atoms with van der Waals surface area (Å²) in [4.78, 5) is 46.9. The Bertz CT molecular complexity index is 785. The highest BCUT2D eigenvalue weighted by molar-refractivity contribution is 6.01. The molecule has 8 heteroatoms. The number of rotatable bonds is 9. The fourth-order valence-electron chi connectivity index (χ4n) is 3.07. The maximum atomic E-state index is 12.2. The van der Waals surface area contributed by atoms with Crippen LogP contribution in [0.25, 0.3) is 0 Å². The van der Waals surface area contributed by atoms with E-state index in [-0.39, 0.29) is 23.7 Å². The van der Waals surface area contributed by atoms with Crippen LogP contribution in [0.1, 0.15) is 65.7 Å². The molecule has 2 rings (SSSR count). The highest BCUT2D eigenvalue weighted by Crippen LogP contribution is 2.19. The molecule has 1 aromatic rings. The predicted molar refractivity (Wildman–Crippen MR) is 114 cm³/mol. The topological polar surface area (TPSA) is 114 Å². The number of anilines is 2. The minimum absolute atomic E-state index is 0.106. The molecule has 0 saturated carbocycles. The number of esters is 1. The number of nitrogens with one attached hydrogen (secondary N) is 3. The number of imide groups is 1. The van der Waals surface area contributed by atoms with Gasteiger partial charge in [0, 0.05) is 30.6 Å². The van der Waals surface area contributed by atoms with Gasteiger partial charge in [0.25, 0.3) is 0 Å². The predicted octanol–water partition coefficient (Wildman–Crippen LogP) is 3.13. The molecule has 1 heterocycles. The first-order valence-electron chi connectivity index (χ1n) is 10.3. The van der Waals surface area contributed by atoms with Gasteiger partial charge in [-0.2, -0.15) is 0 Å². The van der Waals surface area contributed by atoms with Crippen molar-refractivity contribution in [2.75, 3.05) is 10.6 Å². The third kappa shape index (κ3) is 8.63. The average Bonchev–Trinajstić information content (AvgIpc) is 2.62. The second-order valence-electron chi connectivity index (χ2n) is 8.42. The molecule has 1 aliphatic rings. The number of carbonyl (C=O) groups excluding carboxylic acids is 4. The number of carbonyl (C=O) groups is 4. The number of hydrogen-bond acceptors (Lipinski definition) is 6. The molecule has 0 aromatic heterocycles. The lowest BCUT2D eigenvalue weighted by atomic mass is 10.1. The van der Waals surface area contributed by atoms with Gasteiger partial charge in [-0.15, -0.1) is 0 Å². The fraction of sp³-hybridized carbons (Fsp3) is 0.545. The summed E-state index contributed by atoms with van der Waals surface area (Å²) in [6.07, 6.45) is 3.59. The van der Waals surface area contributed by atoms with Crippen molar-refractivity contribution >= 4 is 35.1 Å². The first-order chi connectivity index (χ1) is 14.1. The lowest BCUT2D eigenvalue weighted by Crippen LogP contribution is -2.47. The first-order valence-corrected chi connectivity index (χ1v) is 10.3. The summed E-state index contributed by atoms with van der Waals surface area (Å²) in [5.41, 5.74) is 0.851. The van der Waals surface area contributed by atoms with Crippen molar-refractivity contribution in [3.63, 3.8) is 0 Å². The van der Waals surface area contributed by atoms with Gasteiger partial charge in [-0.25, -0.2) is 0 Å². The van der Waals surface area contributed by atoms with Crippen molar-refractivity contribution in [3.8, 4) is 0 Å². The van der Waals surface area contributed by atoms with Crippen molar-refractivity contribution in [1.82, 2.24) is 5.32 Å². The minimum Gasteiger partial charge on any atom is -0.460 e. The molecule has 0 radical (unpaired) electrons. The van der Waals surface area contributed by atoms with Crippen molar-refractivity contribution in [1.29, 1.82) is 0 Å². The van der Waals surface area contributed by atoms with Crippen molar-refractivity contribution in [2.24, 2.45) is 0 Å². The Morgan fingerprint density at radius 3 is 2.50 bits per heavy atom. The molecule has 1 aromatic carbocycles. The molecule has 1 fully saturated rings. The molecule has 3 N–H and O–H groups in total. The minimum atomic E-state index is -0.474. The summed E-state index contributed by atoms with van der Waals surface area (Å²) in [7, 11) is 0. The van der Waals surface area contributed by atoms with Crippen molar-refractivity contribution < 1.29 is 23.9 Å². The highest BCUT2D eigenvalue weighted by Gasteiger charge is 2.26. The van der Waals surface area contributed by atoms with Gasteiger partial charge in [0.05, 0.1) is 0 Å². The SMILES string of the molecule is CC(C)(C)OC(=O)CCCCCC(=O)Nc1cccc(NC2CCC(=O)NC2=O)c1. The number of unbranched alkanes of at least 4 members (excludes halogenated alkanes) is 2. The van der Waals surface area contributed by atoms with Crippen molar-refractivity contribution in [2.45, 2.75) is 77.4 Å². The van der Waals surface area contributed by atoms with Gasteiger partial charge >= 0.3 is 5.97 Å². The third-order valence-corrected chi connectivity index (χ3v) is 4.43. The summed E-state index contributed by atoms with van der Waals surface area (Å²) < 4.78 is 5.26. The van der Waals surface area contributed by atoms with Crippen LogP contribution in [0, 0.1) is 0 Å². The third-order valence-electron chi connectivity index (χ3n) is 4.43. The summed E-state index contributed by atoms with van der Waals surface area (Å²) >= 11 is 0. The zero-order valence-corrected chi connectivity index (χ0v) is 17.9. The molecule has 0 spiro atoms. The second kappa shape index (κ2) is 10.8. The van der Waals surface area contributed by atoms with Crippen LogP contribution < -0.4 is 16.0 Å². The number of amides is 3. The van der Waals surface area contributed by atoms with E-state index in [1.165, 1.54) is 0 Å². The molecule has 0 aliphatic carbocycles. The second-order valence-corrected chi connectivity index (χ2v) is 8.42. The largest absolute Gasteiger partial charge is 0.460 e. The van der Waals surface area contributed by atoms with Gasteiger partial charge in [0.15, 0.2) is 0 Å². The molecule has 1 saturated heterocycles. The van der Waals surface area contributed by atoms with E-state index >= 15 is 0 Å². The number of piperidine rings is 1. The smallest absolute Gasteiger partial charge is 0.306 e. The number of benzene rings is 1. The maximum absolute atomic E-state index is 12.2. The molecule has 1 unspecified atom stereocenters. The van der Waals surface area contributed by atoms with E-state index in [2.05, 4.69) is 16.0 Å². The van der Waals surface area contributed by atoms with E-state index in [4.69, 9.17) is 4.74 Å². The zero-order valence-electron chi connectivity index (χ0n) is 17.9. The van der Waals surface area contributed by atoms with Crippen LogP contribution >= 0.6 is 0 Å². The van der Waals surface area contributed by atoms with Gasteiger partial charge in [0.1, 0.15) is 11.6 Å². The Morgan fingerprint density at radius 1 is 1.10 bits per heavy atom. The van der Waals surface area contributed by atoms with Crippen LogP contribution in [0.15, 0.2) is 24.3 Å². The first kappa shape index (κ1) is 23.4. The summed E-state index contributed by atoms with van der Waals surface area (Å²) in [6.45, 7) is 5.51. The normalized spacial score (nSPS) is 16.6. The Kier molecular flexibility index (Phi) is 8.38. The van der Waals surface area contributed by atoms with Gasteiger partial charge in [-0.1, -0.05) is 12.5 Å². The summed E-state index contributed by atoms with van der Waals surface area (Å²) in [5.74, 6) is -0.921. The van der Waals surface area contributed by atoms with E-state index in [0.717, 1.165) is 6.42 Å². The standard InChI is InChI=1S/C22H31N3O5/c1-22(2,3)30-20(28)11-6-4-5-10-18(26)24-16-9-7-8-15(14-16)23-17-12-13-19(27)25-21(17)29/h7-9,14,17,23H,4-6,10-13H2,1-3H3,(H,24,26)(H,25,27,29). The maximum Gasteiger partial charge on any atom is 0.306 e. The van der Waals surface area contributed by atoms with Gasteiger partial charge < -0.3 is 15.4 Å². The fourth-order valence-corrected chi connectivity index (χ4v) is 3.07. The molecule has 8 nitrogen and oxygen atoms in total. The molecule has 3 amide bonds. The van der Waals surface area contributed by atoms with Crippen LogP contribution in [0.2, 0.25) is 0 Å². The Labute approximate surface area is 177 Å². The average molecular weight is 418 g/mol. The molecule has 30 heavy (non-hydrogen) atoms. The van der Waals surface area contributed by atoms with Gasteiger partial charge in [-0.3, -0.25) is 24.5 Å². The van der Waals surface area contributed by atoms with Gasteiger partial charge in [-0.05, 0) is 58.2 Å². The molecule has 1 atom stereocenters. The van der Waals surface area contributed by atoms with Crippen LogP contribution in [-0.2, 0) is 23.9 Å². The van der Waals surface area contributed by atoms with Crippen LogP contribution in [0.5, 0.6) is 0 Å². The Balaban J connectivity index is 1.70. The lowest BCUT2D eigenvalue weighted by Gasteiger charge is -2.23. The van der Waals surface area contributed by atoms with Crippen LogP contribution in [-0.4, -0.2) is 35.3 Å². The van der Waals surface area contributed by atoms with E-state index in [1.807, 2.05) is 20.8 Å². The van der Waals surface area contributed by atoms with Crippen molar-refractivity contribution in [3.05, 3.63) is 24.3 Å². The molecular weight excluding hydrogens is 386 g/mol. The highest BCUT2D eigenvalue weighted by atomic mass is 16.6. The summed E-state index contributed by atoms with van der Waals surface area (Å²) in [6, 6.07) is 6.64. The lowest BCUT2D eigenvalue weighted by molar-refractivity contribution is -0.155. The quantitative estimate of drug-likeness (QED) is 0.323. The Hall–Kier alpha value is -2.90. The summed E-state index contributed by atoms with van der Waals surface area (Å²) in [5, 5.41) is 8.24. The molecular formula is C22H31N3O5. The monoisotopic (exact) mass is 417 g/mol. The van der Waals surface area contributed by atoms with Crippen LogP contribution in [0.4, 0.5) is 11.4 Å². The molecule has 1 aliphatic heterocycles. The van der Waals surface area contributed by atoms with Crippen LogP contribution in [0.3, 0.4) is 0 Å².